The number of anilines is 2. The van der Waals surface area contributed by atoms with Crippen LogP contribution in [0.2, 0.25) is 0 Å². The molecule has 1 fully saturated rings. The second-order valence-electron chi connectivity index (χ2n) is 6.31. The molecular formula is C19H20N4OS2. The first-order valence-electron chi connectivity index (χ1n) is 8.62. The number of carbonyl (C=O) groups excluding carboxylic acids is 1. The molecule has 2 aromatic heterocycles. The van der Waals surface area contributed by atoms with Crippen molar-refractivity contribution in [3.05, 3.63) is 41.0 Å². The van der Waals surface area contributed by atoms with E-state index in [9.17, 15) is 4.79 Å². The first kappa shape index (κ1) is 17.3. The number of nitrogens with one attached hydrogen (secondary N) is 1. The molecule has 1 N–H and O–H groups in total. The fourth-order valence-electron chi connectivity index (χ4n) is 3.33. The standard InChI is InChI=1S/C19H20N4OS2/c1-12-15-17(23-8-3-4-9-23)20-11-21-19(15)26-16(12)18(24)22-13-6-5-7-14(10-13)25-2/h5-7,10-11H,3-4,8-9H2,1-2H3,(H,22,24). The minimum absolute atomic E-state index is 0.0869. The summed E-state index contributed by atoms with van der Waals surface area (Å²) >= 11 is 3.10. The van der Waals surface area contributed by atoms with Crippen LogP contribution in [0.25, 0.3) is 10.2 Å². The quantitative estimate of drug-likeness (QED) is 0.668. The van der Waals surface area contributed by atoms with Crippen molar-refractivity contribution in [1.29, 1.82) is 0 Å². The Morgan fingerprint density at radius 1 is 1.27 bits per heavy atom. The van der Waals surface area contributed by atoms with Crippen molar-refractivity contribution in [2.45, 2.75) is 24.7 Å². The van der Waals surface area contributed by atoms with Gasteiger partial charge in [0.15, 0.2) is 0 Å². The lowest BCUT2D eigenvalue weighted by Crippen LogP contribution is -2.19. The summed E-state index contributed by atoms with van der Waals surface area (Å²) in [4.78, 5) is 26.8. The molecule has 0 aliphatic carbocycles. The highest BCUT2D eigenvalue weighted by atomic mass is 32.2. The van der Waals surface area contributed by atoms with E-state index in [2.05, 4.69) is 20.2 Å². The summed E-state index contributed by atoms with van der Waals surface area (Å²) in [5, 5.41) is 4.04. The zero-order chi connectivity index (χ0) is 18.1. The second-order valence-corrected chi connectivity index (χ2v) is 8.19. The van der Waals surface area contributed by atoms with Gasteiger partial charge in [0.1, 0.15) is 17.0 Å². The van der Waals surface area contributed by atoms with E-state index < -0.39 is 0 Å². The maximum atomic E-state index is 12.9. The molecule has 4 rings (SSSR count). The first-order chi connectivity index (χ1) is 12.7. The number of nitrogens with zero attached hydrogens (tertiary/aromatic N) is 3. The first-order valence-corrected chi connectivity index (χ1v) is 10.7. The SMILES string of the molecule is CSc1cccc(NC(=O)c2sc3ncnc(N4CCCC4)c3c2C)c1. The van der Waals surface area contributed by atoms with E-state index in [1.165, 1.54) is 24.2 Å². The van der Waals surface area contributed by atoms with E-state index in [0.717, 1.165) is 45.3 Å². The van der Waals surface area contributed by atoms with Gasteiger partial charge in [-0.1, -0.05) is 6.07 Å². The minimum Gasteiger partial charge on any atom is -0.356 e. The van der Waals surface area contributed by atoms with Gasteiger partial charge in [0.25, 0.3) is 5.91 Å². The van der Waals surface area contributed by atoms with Gasteiger partial charge < -0.3 is 10.2 Å². The van der Waals surface area contributed by atoms with Crippen LogP contribution in [0.15, 0.2) is 35.5 Å². The highest BCUT2D eigenvalue weighted by Gasteiger charge is 2.23. The number of benzene rings is 1. The van der Waals surface area contributed by atoms with Gasteiger partial charge >= 0.3 is 0 Å². The molecule has 1 saturated heterocycles. The number of thiophene rings is 1. The van der Waals surface area contributed by atoms with Gasteiger partial charge in [0.05, 0.1) is 10.3 Å². The van der Waals surface area contributed by atoms with Crippen LogP contribution in [0.3, 0.4) is 0 Å². The summed E-state index contributed by atoms with van der Waals surface area (Å²) in [5.74, 6) is 0.876. The molecule has 0 atom stereocenters. The molecule has 134 valence electrons. The van der Waals surface area contributed by atoms with Crippen molar-refractivity contribution >= 4 is 50.7 Å². The van der Waals surface area contributed by atoms with Gasteiger partial charge in [-0.05, 0) is 49.8 Å². The van der Waals surface area contributed by atoms with Crippen molar-refractivity contribution < 1.29 is 4.79 Å². The third-order valence-corrected chi connectivity index (χ3v) is 6.57. The van der Waals surface area contributed by atoms with Crippen LogP contribution in [-0.4, -0.2) is 35.2 Å². The molecule has 1 amide bonds. The number of aromatic nitrogens is 2. The van der Waals surface area contributed by atoms with E-state index in [4.69, 9.17) is 0 Å². The lowest BCUT2D eigenvalue weighted by Gasteiger charge is -2.17. The average Bonchev–Trinajstić information content (AvgIpc) is 3.30. The Morgan fingerprint density at radius 2 is 2.08 bits per heavy atom. The number of thioether (sulfide) groups is 1. The molecule has 0 radical (unpaired) electrons. The second kappa shape index (κ2) is 7.25. The van der Waals surface area contributed by atoms with E-state index in [0.29, 0.717) is 4.88 Å². The lowest BCUT2D eigenvalue weighted by molar-refractivity contribution is 0.103. The average molecular weight is 385 g/mol. The molecule has 5 nitrogen and oxygen atoms in total. The van der Waals surface area contributed by atoms with Crippen molar-refractivity contribution in [1.82, 2.24) is 9.97 Å². The summed E-state index contributed by atoms with van der Waals surface area (Å²) in [6, 6.07) is 7.88. The van der Waals surface area contributed by atoms with Crippen molar-refractivity contribution in [3.8, 4) is 0 Å². The van der Waals surface area contributed by atoms with Gasteiger partial charge in [-0.3, -0.25) is 4.79 Å². The van der Waals surface area contributed by atoms with E-state index in [1.54, 1.807) is 18.1 Å². The van der Waals surface area contributed by atoms with E-state index in [-0.39, 0.29) is 5.91 Å². The van der Waals surface area contributed by atoms with Crippen LogP contribution < -0.4 is 10.2 Å². The topological polar surface area (TPSA) is 58.1 Å². The van der Waals surface area contributed by atoms with E-state index in [1.807, 2.05) is 37.4 Å². The van der Waals surface area contributed by atoms with E-state index >= 15 is 0 Å². The monoisotopic (exact) mass is 384 g/mol. The molecule has 0 spiro atoms. The van der Waals surface area contributed by atoms with Gasteiger partial charge in [-0.2, -0.15) is 0 Å². The molecule has 1 aliphatic heterocycles. The molecule has 3 heterocycles. The minimum atomic E-state index is -0.0869. The highest BCUT2D eigenvalue weighted by molar-refractivity contribution is 7.98. The van der Waals surface area contributed by atoms with Gasteiger partial charge in [0.2, 0.25) is 0 Å². The van der Waals surface area contributed by atoms with Crippen LogP contribution in [0, 0.1) is 6.92 Å². The Labute approximate surface area is 160 Å². The third-order valence-electron chi connectivity index (χ3n) is 4.65. The van der Waals surface area contributed by atoms with Crippen LogP contribution in [0.4, 0.5) is 11.5 Å². The Balaban J connectivity index is 1.69. The Morgan fingerprint density at radius 3 is 2.85 bits per heavy atom. The molecule has 1 aliphatic rings. The summed E-state index contributed by atoms with van der Waals surface area (Å²) in [6.07, 6.45) is 6.01. The molecule has 26 heavy (non-hydrogen) atoms. The number of hydrogen-bond donors (Lipinski definition) is 1. The molecule has 0 saturated carbocycles. The summed E-state index contributed by atoms with van der Waals surface area (Å²) in [7, 11) is 0. The van der Waals surface area contributed by atoms with Gasteiger partial charge in [0, 0.05) is 23.7 Å². The zero-order valence-corrected chi connectivity index (χ0v) is 16.4. The molecule has 0 unspecified atom stereocenters. The predicted molar refractivity (Wildman–Crippen MR) is 110 cm³/mol. The van der Waals surface area contributed by atoms with Crippen molar-refractivity contribution in [2.24, 2.45) is 0 Å². The fourth-order valence-corrected chi connectivity index (χ4v) is 4.82. The predicted octanol–water partition coefficient (Wildman–Crippen LogP) is 4.57. The normalized spacial score (nSPS) is 14.2. The number of hydrogen-bond acceptors (Lipinski definition) is 6. The Bertz CT molecular complexity index is 963. The largest absolute Gasteiger partial charge is 0.356 e. The number of aryl methyl sites for hydroxylation is 1. The number of rotatable bonds is 4. The third kappa shape index (κ3) is 3.17. The lowest BCUT2D eigenvalue weighted by atomic mass is 10.2. The van der Waals surface area contributed by atoms with Crippen molar-refractivity contribution in [3.63, 3.8) is 0 Å². The fraction of sp³-hybridized carbons (Fsp3) is 0.316. The number of amides is 1. The Kier molecular flexibility index (Phi) is 4.82. The van der Waals surface area contributed by atoms with Crippen LogP contribution >= 0.6 is 23.1 Å². The van der Waals surface area contributed by atoms with Crippen molar-refractivity contribution in [2.75, 3.05) is 29.6 Å². The molecular weight excluding hydrogens is 364 g/mol. The Hall–Kier alpha value is -2.12. The molecule has 7 heteroatoms. The smallest absolute Gasteiger partial charge is 0.266 e. The zero-order valence-electron chi connectivity index (χ0n) is 14.8. The summed E-state index contributed by atoms with van der Waals surface area (Å²) < 4.78 is 0. The number of carbonyl (C=O) groups is 1. The van der Waals surface area contributed by atoms with Crippen LogP contribution in [0.5, 0.6) is 0 Å². The molecule has 1 aromatic carbocycles. The summed E-state index contributed by atoms with van der Waals surface area (Å²) in [6.45, 7) is 4.03. The van der Waals surface area contributed by atoms with Gasteiger partial charge in [-0.15, -0.1) is 23.1 Å². The number of fused-ring (bicyclic) bond motifs is 1. The highest BCUT2D eigenvalue weighted by Crippen LogP contribution is 2.36. The maximum Gasteiger partial charge on any atom is 0.266 e. The molecule has 0 bridgehead atoms. The summed E-state index contributed by atoms with van der Waals surface area (Å²) in [5.41, 5.74) is 1.77. The van der Waals surface area contributed by atoms with Crippen LogP contribution in [-0.2, 0) is 0 Å². The molecule has 3 aromatic rings. The van der Waals surface area contributed by atoms with Crippen LogP contribution in [0.1, 0.15) is 28.1 Å². The maximum absolute atomic E-state index is 12.9. The van der Waals surface area contributed by atoms with Gasteiger partial charge in [-0.25, -0.2) is 9.97 Å².